The molecule has 3 heterocycles. The van der Waals surface area contributed by atoms with Crippen molar-refractivity contribution in [2.24, 2.45) is 0 Å². The molecular formula is C29H38N2O4. The van der Waals surface area contributed by atoms with Crippen molar-refractivity contribution in [3.05, 3.63) is 57.7 Å². The molecule has 0 spiro atoms. The van der Waals surface area contributed by atoms with Gasteiger partial charge < -0.3 is 24.3 Å². The first-order valence-corrected chi connectivity index (χ1v) is 12.8. The third-order valence-electron chi connectivity index (χ3n) is 8.13. The third kappa shape index (κ3) is 4.38. The molecular weight excluding hydrogens is 440 g/mol. The Morgan fingerprint density at radius 1 is 0.800 bits per heavy atom. The molecule has 3 aliphatic rings. The lowest BCUT2D eigenvalue weighted by molar-refractivity contribution is 0.181. The number of nitrogens with one attached hydrogen (secondary N) is 1. The quantitative estimate of drug-likeness (QED) is 0.565. The van der Waals surface area contributed by atoms with Crippen molar-refractivity contribution in [2.45, 2.75) is 51.1 Å². The number of benzene rings is 2. The molecule has 188 valence electrons. The van der Waals surface area contributed by atoms with Gasteiger partial charge in [-0.05, 0) is 85.2 Å². The molecule has 6 heteroatoms. The van der Waals surface area contributed by atoms with E-state index in [1.807, 2.05) is 0 Å². The summed E-state index contributed by atoms with van der Waals surface area (Å²) in [5.74, 6) is 3.27. The summed E-state index contributed by atoms with van der Waals surface area (Å²) in [4.78, 5) is 2.66. The molecule has 2 atom stereocenters. The predicted octanol–water partition coefficient (Wildman–Crippen LogP) is 5.01. The first kappa shape index (κ1) is 24.0. The van der Waals surface area contributed by atoms with E-state index in [1.54, 1.807) is 39.6 Å². The zero-order valence-corrected chi connectivity index (χ0v) is 21.7. The summed E-state index contributed by atoms with van der Waals surface area (Å²) in [6, 6.07) is 9.41. The Hall–Kier alpha value is -2.70. The summed E-state index contributed by atoms with van der Waals surface area (Å²) < 4.78 is 22.5. The fraction of sp³-hybridized carbons (Fsp3) is 0.517. The predicted molar refractivity (Wildman–Crippen MR) is 138 cm³/mol. The molecule has 2 aromatic rings. The second-order valence-electron chi connectivity index (χ2n) is 9.77. The Morgan fingerprint density at radius 2 is 1.40 bits per heavy atom. The zero-order chi connectivity index (χ0) is 24.5. The van der Waals surface area contributed by atoms with E-state index in [2.05, 4.69) is 41.4 Å². The highest BCUT2D eigenvalue weighted by Gasteiger charge is 2.35. The van der Waals surface area contributed by atoms with Gasteiger partial charge in [0.15, 0.2) is 23.0 Å². The van der Waals surface area contributed by atoms with Crippen LogP contribution in [0.3, 0.4) is 0 Å². The van der Waals surface area contributed by atoms with Gasteiger partial charge in [-0.2, -0.15) is 0 Å². The molecule has 6 nitrogen and oxygen atoms in total. The van der Waals surface area contributed by atoms with Gasteiger partial charge >= 0.3 is 0 Å². The highest BCUT2D eigenvalue weighted by Crippen LogP contribution is 2.46. The van der Waals surface area contributed by atoms with Crippen LogP contribution in [-0.4, -0.2) is 53.0 Å². The van der Waals surface area contributed by atoms with Crippen molar-refractivity contribution < 1.29 is 18.9 Å². The van der Waals surface area contributed by atoms with Crippen molar-refractivity contribution in [1.29, 1.82) is 0 Å². The second-order valence-corrected chi connectivity index (χ2v) is 9.77. The lowest BCUT2D eigenvalue weighted by Crippen LogP contribution is -2.40. The van der Waals surface area contributed by atoms with E-state index >= 15 is 0 Å². The molecule has 0 fully saturated rings. The summed E-state index contributed by atoms with van der Waals surface area (Å²) in [7, 11) is 6.86. The monoisotopic (exact) mass is 478 g/mol. The van der Waals surface area contributed by atoms with E-state index in [0.29, 0.717) is 6.04 Å². The Labute approximate surface area is 209 Å². The SMILES string of the molecule is CCC1=C(CC2NCCc3cc(OC)c(OC)cc32)C[C@@H]2c3cc(OC)c(OC)cc3CCN2C1. The molecule has 0 bridgehead atoms. The maximum atomic E-state index is 5.66. The fourth-order valence-electron chi connectivity index (χ4n) is 6.23. The second kappa shape index (κ2) is 10.1. The lowest BCUT2D eigenvalue weighted by Gasteiger charge is -2.43. The summed E-state index contributed by atoms with van der Waals surface area (Å²) in [5.41, 5.74) is 8.68. The standard InChI is InChI=1S/C29H38N2O4/c1-6-18-17-31-10-8-20-14-27(33-3)29(35-5)16-23(20)25(31)12-21(18)11-24-22-15-28(34-4)26(32-2)13-19(22)7-9-30-24/h13-16,24-25,30H,6-12,17H2,1-5H3/t24?,25-/m1/s1. The number of fused-ring (bicyclic) bond motifs is 4. The molecule has 1 N–H and O–H groups in total. The molecule has 0 radical (unpaired) electrons. The number of hydrogen-bond acceptors (Lipinski definition) is 6. The summed E-state index contributed by atoms with van der Waals surface area (Å²) in [6.07, 6.45) is 5.25. The number of nitrogens with zero attached hydrogens (tertiary/aromatic N) is 1. The van der Waals surface area contributed by atoms with Crippen molar-refractivity contribution in [1.82, 2.24) is 10.2 Å². The summed E-state index contributed by atoms with van der Waals surface area (Å²) >= 11 is 0. The van der Waals surface area contributed by atoms with E-state index < -0.39 is 0 Å². The van der Waals surface area contributed by atoms with Crippen LogP contribution < -0.4 is 24.3 Å². The Balaban J connectivity index is 1.46. The average Bonchev–Trinajstić information content (AvgIpc) is 2.91. The van der Waals surface area contributed by atoms with Crippen molar-refractivity contribution >= 4 is 0 Å². The topological polar surface area (TPSA) is 52.2 Å². The van der Waals surface area contributed by atoms with Gasteiger partial charge in [0.05, 0.1) is 28.4 Å². The van der Waals surface area contributed by atoms with Crippen LogP contribution in [0.4, 0.5) is 0 Å². The van der Waals surface area contributed by atoms with Crippen LogP contribution in [-0.2, 0) is 12.8 Å². The van der Waals surface area contributed by atoms with Crippen molar-refractivity contribution in [2.75, 3.05) is 48.1 Å². The summed E-state index contributed by atoms with van der Waals surface area (Å²) in [5, 5.41) is 3.80. The van der Waals surface area contributed by atoms with Gasteiger partial charge in [0, 0.05) is 25.2 Å². The first-order chi connectivity index (χ1) is 17.1. The molecule has 0 saturated heterocycles. The normalized spacial score (nSPS) is 21.6. The number of rotatable bonds is 7. The van der Waals surface area contributed by atoms with Gasteiger partial charge in [0.1, 0.15) is 0 Å². The minimum absolute atomic E-state index is 0.287. The van der Waals surface area contributed by atoms with Crippen LogP contribution in [0, 0.1) is 0 Å². The van der Waals surface area contributed by atoms with Crippen LogP contribution in [0.5, 0.6) is 23.0 Å². The fourth-order valence-corrected chi connectivity index (χ4v) is 6.23. The van der Waals surface area contributed by atoms with Gasteiger partial charge in [-0.15, -0.1) is 0 Å². The molecule has 1 unspecified atom stereocenters. The molecule has 5 rings (SSSR count). The van der Waals surface area contributed by atoms with Crippen LogP contribution in [0.2, 0.25) is 0 Å². The van der Waals surface area contributed by atoms with E-state index in [4.69, 9.17) is 18.9 Å². The van der Waals surface area contributed by atoms with Crippen LogP contribution >= 0.6 is 0 Å². The van der Waals surface area contributed by atoms with Gasteiger partial charge in [-0.3, -0.25) is 4.90 Å². The maximum Gasteiger partial charge on any atom is 0.161 e. The number of methoxy groups -OCH3 is 4. The molecule has 0 aromatic heterocycles. The van der Waals surface area contributed by atoms with Gasteiger partial charge in [-0.25, -0.2) is 0 Å². The minimum atomic E-state index is 0.287. The van der Waals surface area contributed by atoms with Crippen LogP contribution in [0.1, 0.15) is 60.5 Å². The van der Waals surface area contributed by atoms with Crippen molar-refractivity contribution in [3.8, 4) is 23.0 Å². The van der Waals surface area contributed by atoms with E-state index in [0.717, 1.165) is 74.7 Å². The molecule has 0 aliphatic carbocycles. The number of ether oxygens (including phenoxy) is 4. The van der Waals surface area contributed by atoms with E-state index in [-0.39, 0.29) is 6.04 Å². The first-order valence-electron chi connectivity index (χ1n) is 12.8. The highest BCUT2D eigenvalue weighted by molar-refractivity contribution is 5.51. The minimum Gasteiger partial charge on any atom is -0.493 e. The Morgan fingerprint density at radius 3 is 2.03 bits per heavy atom. The van der Waals surface area contributed by atoms with Crippen molar-refractivity contribution in [3.63, 3.8) is 0 Å². The molecule has 2 aromatic carbocycles. The lowest BCUT2D eigenvalue weighted by atomic mass is 9.80. The van der Waals surface area contributed by atoms with Gasteiger partial charge in [0.25, 0.3) is 0 Å². The zero-order valence-electron chi connectivity index (χ0n) is 21.7. The van der Waals surface area contributed by atoms with Crippen LogP contribution in [0.15, 0.2) is 35.4 Å². The van der Waals surface area contributed by atoms with Gasteiger partial charge in [0.2, 0.25) is 0 Å². The average molecular weight is 479 g/mol. The largest absolute Gasteiger partial charge is 0.493 e. The van der Waals surface area contributed by atoms with Crippen LogP contribution in [0.25, 0.3) is 0 Å². The molecule has 0 amide bonds. The Kier molecular flexibility index (Phi) is 6.94. The van der Waals surface area contributed by atoms with Gasteiger partial charge in [-0.1, -0.05) is 18.1 Å². The molecule has 0 saturated carbocycles. The van der Waals surface area contributed by atoms with E-state index in [1.165, 1.54) is 22.3 Å². The highest BCUT2D eigenvalue weighted by atomic mass is 16.5. The summed E-state index contributed by atoms with van der Waals surface area (Å²) in [6.45, 7) is 5.43. The number of hydrogen-bond donors (Lipinski definition) is 1. The smallest absolute Gasteiger partial charge is 0.161 e. The maximum absolute atomic E-state index is 5.66. The van der Waals surface area contributed by atoms with E-state index in [9.17, 15) is 0 Å². The molecule has 3 aliphatic heterocycles. The Bertz CT molecular complexity index is 1130. The third-order valence-corrected chi connectivity index (χ3v) is 8.13. The molecule has 35 heavy (non-hydrogen) atoms.